The van der Waals surface area contributed by atoms with Gasteiger partial charge in [0.1, 0.15) is 6.10 Å². The van der Waals surface area contributed by atoms with Crippen molar-refractivity contribution in [2.24, 2.45) is 5.92 Å². The van der Waals surface area contributed by atoms with Gasteiger partial charge in [-0.1, -0.05) is 32.1 Å². The summed E-state index contributed by atoms with van der Waals surface area (Å²) in [5.74, 6) is 0.570. The molecule has 1 rings (SSSR count). The summed E-state index contributed by atoms with van der Waals surface area (Å²) in [6, 6.07) is 0. The van der Waals surface area contributed by atoms with Crippen LogP contribution in [-0.2, 0) is 4.79 Å². The van der Waals surface area contributed by atoms with Crippen LogP contribution < -0.4 is 0 Å². The molecule has 1 unspecified atom stereocenters. The number of hydrogen-bond donors (Lipinski definition) is 1. The lowest BCUT2D eigenvalue weighted by Crippen LogP contribution is -2.16. The van der Waals surface area contributed by atoms with Gasteiger partial charge < -0.3 is 5.11 Å². The molecule has 1 saturated carbocycles. The first-order chi connectivity index (χ1) is 5.33. The van der Waals surface area contributed by atoms with Crippen molar-refractivity contribution in [3.8, 4) is 0 Å². The maximum atomic E-state index is 10.0. The standard InChI is InChI=1S/C9H15O2/c10-7-9(11)6-8-4-2-1-3-5-8/h8-9,11H,1-6H2. The van der Waals surface area contributed by atoms with Gasteiger partial charge in [-0.15, -0.1) is 0 Å². The van der Waals surface area contributed by atoms with Crippen LogP contribution in [0.15, 0.2) is 0 Å². The Bertz CT molecular complexity index is 117. The van der Waals surface area contributed by atoms with Gasteiger partial charge in [-0.3, -0.25) is 4.79 Å². The van der Waals surface area contributed by atoms with E-state index in [0.29, 0.717) is 12.3 Å². The Labute approximate surface area is 67.6 Å². The summed E-state index contributed by atoms with van der Waals surface area (Å²) in [6.45, 7) is 0. The van der Waals surface area contributed by atoms with Gasteiger partial charge in [-0.2, -0.15) is 0 Å². The van der Waals surface area contributed by atoms with Crippen LogP contribution in [0.2, 0.25) is 0 Å². The average molecular weight is 155 g/mol. The third kappa shape index (κ3) is 3.02. The molecule has 1 radical (unpaired) electrons. The van der Waals surface area contributed by atoms with Crippen LogP contribution in [-0.4, -0.2) is 17.5 Å². The second-order valence-electron chi connectivity index (χ2n) is 3.37. The van der Waals surface area contributed by atoms with Crippen molar-refractivity contribution < 1.29 is 9.90 Å². The Kier molecular flexibility index (Phi) is 3.57. The van der Waals surface area contributed by atoms with Gasteiger partial charge in [-0.05, 0) is 12.3 Å². The summed E-state index contributed by atoms with van der Waals surface area (Å²) >= 11 is 0. The SMILES string of the molecule is O=[C]C(O)CC1CCCCC1. The highest BCUT2D eigenvalue weighted by Crippen LogP contribution is 2.26. The number of carbonyl (C=O) groups excluding carboxylic acids is 1. The van der Waals surface area contributed by atoms with Crippen molar-refractivity contribution in [3.63, 3.8) is 0 Å². The van der Waals surface area contributed by atoms with Gasteiger partial charge in [0, 0.05) is 0 Å². The molecule has 0 heterocycles. The number of aliphatic hydroxyl groups excluding tert-OH is 1. The van der Waals surface area contributed by atoms with Crippen LogP contribution in [0.3, 0.4) is 0 Å². The molecule has 0 amide bonds. The smallest absolute Gasteiger partial charge is 0.229 e. The maximum Gasteiger partial charge on any atom is 0.229 e. The predicted octanol–water partition coefficient (Wildman–Crippen LogP) is 1.43. The molecule has 0 aromatic heterocycles. The zero-order chi connectivity index (χ0) is 8.10. The molecule has 1 aliphatic carbocycles. The quantitative estimate of drug-likeness (QED) is 0.669. The van der Waals surface area contributed by atoms with E-state index in [1.807, 2.05) is 0 Å². The summed E-state index contributed by atoms with van der Waals surface area (Å²) in [7, 11) is 0. The fraction of sp³-hybridized carbons (Fsp3) is 0.889. The van der Waals surface area contributed by atoms with Crippen LogP contribution in [0.5, 0.6) is 0 Å². The second kappa shape index (κ2) is 4.50. The summed E-state index contributed by atoms with van der Waals surface area (Å²) in [6.07, 6.45) is 7.61. The van der Waals surface area contributed by atoms with Crippen molar-refractivity contribution in [1.29, 1.82) is 0 Å². The van der Waals surface area contributed by atoms with Crippen LogP contribution in [0, 0.1) is 5.92 Å². The van der Waals surface area contributed by atoms with Crippen LogP contribution in [0.25, 0.3) is 0 Å². The van der Waals surface area contributed by atoms with Gasteiger partial charge >= 0.3 is 0 Å². The normalized spacial score (nSPS) is 23.0. The third-order valence-electron chi connectivity index (χ3n) is 2.42. The van der Waals surface area contributed by atoms with Gasteiger partial charge in [0.15, 0.2) is 0 Å². The average Bonchev–Trinajstić information content (AvgIpc) is 2.06. The fourth-order valence-electron chi connectivity index (χ4n) is 1.79. The zero-order valence-electron chi connectivity index (χ0n) is 6.75. The lowest BCUT2D eigenvalue weighted by atomic mass is 9.86. The van der Waals surface area contributed by atoms with Gasteiger partial charge in [0.2, 0.25) is 6.29 Å². The van der Waals surface area contributed by atoms with Crippen LogP contribution in [0.4, 0.5) is 0 Å². The minimum absolute atomic E-state index is 0.570. The lowest BCUT2D eigenvalue weighted by molar-refractivity contribution is 0.181. The monoisotopic (exact) mass is 155 g/mol. The van der Waals surface area contributed by atoms with Crippen molar-refractivity contribution in [1.82, 2.24) is 0 Å². The Morgan fingerprint density at radius 1 is 1.36 bits per heavy atom. The molecule has 2 heteroatoms. The number of rotatable bonds is 3. The molecule has 0 aromatic carbocycles. The highest BCUT2D eigenvalue weighted by atomic mass is 16.3. The molecule has 0 aromatic rings. The summed E-state index contributed by atoms with van der Waals surface area (Å²) < 4.78 is 0. The van der Waals surface area contributed by atoms with Crippen molar-refractivity contribution in [2.75, 3.05) is 0 Å². The molecule has 1 fully saturated rings. The molecule has 0 bridgehead atoms. The largest absolute Gasteiger partial charge is 0.385 e. The topological polar surface area (TPSA) is 37.3 Å². The van der Waals surface area contributed by atoms with Crippen molar-refractivity contribution in [3.05, 3.63) is 0 Å². The Balaban J connectivity index is 2.18. The molecule has 1 aliphatic rings. The fourth-order valence-corrected chi connectivity index (χ4v) is 1.79. The Morgan fingerprint density at radius 3 is 2.55 bits per heavy atom. The van der Waals surface area contributed by atoms with Gasteiger partial charge in [0.25, 0.3) is 0 Å². The third-order valence-corrected chi connectivity index (χ3v) is 2.42. The molecule has 63 valence electrons. The van der Waals surface area contributed by atoms with Gasteiger partial charge in [-0.25, -0.2) is 0 Å². The maximum absolute atomic E-state index is 10.0. The van der Waals surface area contributed by atoms with E-state index in [1.165, 1.54) is 32.1 Å². The molecular formula is C9H15O2. The first-order valence-electron chi connectivity index (χ1n) is 4.38. The van der Waals surface area contributed by atoms with Crippen molar-refractivity contribution >= 4 is 6.29 Å². The minimum atomic E-state index is -0.835. The van der Waals surface area contributed by atoms with E-state index in [-0.39, 0.29) is 0 Å². The predicted molar refractivity (Wildman–Crippen MR) is 42.9 cm³/mol. The van der Waals surface area contributed by atoms with E-state index in [1.54, 1.807) is 6.29 Å². The molecule has 2 nitrogen and oxygen atoms in total. The Hall–Kier alpha value is -0.370. The molecular weight excluding hydrogens is 140 g/mol. The molecule has 1 N–H and O–H groups in total. The molecule has 0 aliphatic heterocycles. The van der Waals surface area contributed by atoms with E-state index >= 15 is 0 Å². The highest BCUT2D eigenvalue weighted by Gasteiger charge is 2.16. The van der Waals surface area contributed by atoms with E-state index in [9.17, 15) is 4.79 Å². The van der Waals surface area contributed by atoms with Crippen LogP contribution >= 0.6 is 0 Å². The molecule has 1 atom stereocenters. The Morgan fingerprint density at radius 2 is 2.00 bits per heavy atom. The number of aliphatic hydroxyl groups is 1. The molecule has 11 heavy (non-hydrogen) atoms. The lowest BCUT2D eigenvalue weighted by Gasteiger charge is -2.21. The van der Waals surface area contributed by atoms with Crippen molar-refractivity contribution in [2.45, 2.75) is 44.6 Å². The zero-order valence-corrected chi connectivity index (χ0v) is 6.75. The summed E-state index contributed by atoms with van der Waals surface area (Å²) in [4.78, 5) is 10.0. The van der Waals surface area contributed by atoms with Crippen LogP contribution in [0.1, 0.15) is 38.5 Å². The van der Waals surface area contributed by atoms with E-state index in [0.717, 1.165) is 0 Å². The molecule has 0 saturated heterocycles. The minimum Gasteiger partial charge on any atom is -0.385 e. The summed E-state index contributed by atoms with van der Waals surface area (Å²) in [5.41, 5.74) is 0. The second-order valence-corrected chi connectivity index (χ2v) is 3.37. The number of hydrogen-bond acceptors (Lipinski definition) is 2. The first-order valence-corrected chi connectivity index (χ1v) is 4.38. The highest BCUT2D eigenvalue weighted by molar-refractivity contribution is 5.56. The van der Waals surface area contributed by atoms with E-state index < -0.39 is 6.10 Å². The first kappa shape index (κ1) is 8.72. The van der Waals surface area contributed by atoms with E-state index in [2.05, 4.69) is 0 Å². The van der Waals surface area contributed by atoms with E-state index in [4.69, 9.17) is 5.11 Å². The summed E-state index contributed by atoms with van der Waals surface area (Å²) in [5, 5.41) is 8.99. The molecule has 0 spiro atoms. The van der Waals surface area contributed by atoms with Gasteiger partial charge in [0.05, 0.1) is 0 Å².